The van der Waals surface area contributed by atoms with Gasteiger partial charge in [-0.25, -0.2) is 4.79 Å². The molecule has 0 spiro atoms. The van der Waals surface area contributed by atoms with Gasteiger partial charge in [0.05, 0.1) is 0 Å². The molecule has 2 N–H and O–H groups in total. The van der Waals surface area contributed by atoms with Gasteiger partial charge in [0.1, 0.15) is 0 Å². The lowest BCUT2D eigenvalue weighted by Gasteiger charge is -2.15. The van der Waals surface area contributed by atoms with E-state index in [0.717, 1.165) is 29.4 Å². The average molecular weight is 379 g/mol. The fourth-order valence-electron chi connectivity index (χ4n) is 3.19. The van der Waals surface area contributed by atoms with Crippen molar-refractivity contribution in [2.45, 2.75) is 44.1 Å². The number of nitrogens with one attached hydrogen (secondary N) is 1. The molecule has 1 heterocycles. The molecule has 2 aromatic carbocycles. The van der Waals surface area contributed by atoms with Gasteiger partial charge >= 0.3 is 5.97 Å². The molecule has 0 bridgehead atoms. The molecule has 1 amide bonds. The van der Waals surface area contributed by atoms with E-state index in [2.05, 4.69) is 15.5 Å². The molecule has 0 radical (unpaired) electrons. The van der Waals surface area contributed by atoms with Crippen molar-refractivity contribution in [3.05, 3.63) is 59.7 Å². The SMILES string of the molecule is O=C(CCCc1nc(C2CC2)no1)NC(C(=O)O)c1ccc2ccccc2c1. The Bertz CT molecular complexity index is 1010. The lowest BCUT2D eigenvalue weighted by molar-refractivity contribution is -0.142. The molecule has 0 saturated heterocycles. The number of aromatic nitrogens is 2. The molecule has 144 valence electrons. The molecule has 7 heteroatoms. The number of carboxylic acid groups (broad SMARTS) is 1. The van der Waals surface area contributed by atoms with Crippen LogP contribution in [0.4, 0.5) is 0 Å². The molecule has 4 rings (SSSR count). The highest BCUT2D eigenvalue weighted by molar-refractivity contribution is 5.88. The number of carbonyl (C=O) groups is 2. The molecular weight excluding hydrogens is 358 g/mol. The summed E-state index contributed by atoms with van der Waals surface area (Å²) < 4.78 is 5.19. The van der Waals surface area contributed by atoms with Crippen molar-refractivity contribution >= 4 is 22.6 Å². The Balaban J connectivity index is 1.35. The number of rotatable bonds is 8. The van der Waals surface area contributed by atoms with Crippen LogP contribution in [0.2, 0.25) is 0 Å². The summed E-state index contributed by atoms with van der Waals surface area (Å²) in [6.45, 7) is 0. The van der Waals surface area contributed by atoms with Crippen LogP contribution in [0.25, 0.3) is 10.8 Å². The summed E-state index contributed by atoms with van der Waals surface area (Å²) in [7, 11) is 0. The van der Waals surface area contributed by atoms with Gasteiger partial charge in [0.15, 0.2) is 11.9 Å². The van der Waals surface area contributed by atoms with Crippen molar-refractivity contribution in [2.24, 2.45) is 0 Å². The van der Waals surface area contributed by atoms with E-state index in [1.165, 1.54) is 0 Å². The lowest BCUT2D eigenvalue weighted by atomic mass is 10.0. The maximum atomic E-state index is 12.3. The molecule has 28 heavy (non-hydrogen) atoms. The number of hydrogen-bond donors (Lipinski definition) is 2. The monoisotopic (exact) mass is 379 g/mol. The van der Waals surface area contributed by atoms with Crippen molar-refractivity contribution in [2.75, 3.05) is 0 Å². The molecule has 3 aromatic rings. The van der Waals surface area contributed by atoms with Crippen molar-refractivity contribution in [3.63, 3.8) is 0 Å². The van der Waals surface area contributed by atoms with Gasteiger partial charge in [0, 0.05) is 18.8 Å². The highest BCUT2D eigenvalue weighted by Crippen LogP contribution is 2.38. The van der Waals surface area contributed by atoms with Crippen LogP contribution in [-0.4, -0.2) is 27.1 Å². The van der Waals surface area contributed by atoms with Gasteiger partial charge in [-0.1, -0.05) is 41.6 Å². The van der Waals surface area contributed by atoms with Gasteiger partial charge in [-0.15, -0.1) is 0 Å². The Hall–Kier alpha value is -3.22. The second-order valence-corrected chi connectivity index (χ2v) is 7.12. The molecule has 7 nitrogen and oxygen atoms in total. The van der Waals surface area contributed by atoms with Gasteiger partial charge in [-0.3, -0.25) is 4.79 Å². The van der Waals surface area contributed by atoms with E-state index < -0.39 is 12.0 Å². The lowest BCUT2D eigenvalue weighted by Crippen LogP contribution is -2.33. The minimum absolute atomic E-state index is 0.193. The van der Waals surface area contributed by atoms with E-state index in [1.807, 2.05) is 30.3 Å². The number of carboxylic acids is 1. The summed E-state index contributed by atoms with van der Waals surface area (Å²) in [6, 6.07) is 12.0. The number of aryl methyl sites for hydroxylation is 1. The van der Waals surface area contributed by atoms with Crippen LogP contribution >= 0.6 is 0 Å². The van der Waals surface area contributed by atoms with Crippen molar-refractivity contribution in [3.8, 4) is 0 Å². The van der Waals surface area contributed by atoms with E-state index in [1.54, 1.807) is 12.1 Å². The zero-order valence-corrected chi connectivity index (χ0v) is 15.3. The topological polar surface area (TPSA) is 105 Å². The fourth-order valence-corrected chi connectivity index (χ4v) is 3.19. The maximum absolute atomic E-state index is 12.3. The van der Waals surface area contributed by atoms with Crippen LogP contribution in [-0.2, 0) is 16.0 Å². The van der Waals surface area contributed by atoms with Crippen LogP contribution in [0.5, 0.6) is 0 Å². The van der Waals surface area contributed by atoms with Crippen molar-refractivity contribution in [1.82, 2.24) is 15.5 Å². The van der Waals surface area contributed by atoms with E-state index in [-0.39, 0.29) is 12.3 Å². The van der Waals surface area contributed by atoms with Gasteiger partial charge in [0.2, 0.25) is 11.8 Å². The second kappa shape index (κ2) is 7.80. The summed E-state index contributed by atoms with van der Waals surface area (Å²) in [6.07, 6.45) is 3.42. The third-order valence-corrected chi connectivity index (χ3v) is 4.88. The number of carbonyl (C=O) groups excluding carboxylic acids is 1. The number of amides is 1. The number of benzene rings is 2. The first-order valence-corrected chi connectivity index (χ1v) is 9.43. The van der Waals surface area contributed by atoms with Crippen molar-refractivity contribution < 1.29 is 19.2 Å². The first kappa shape index (κ1) is 18.2. The summed E-state index contributed by atoms with van der Waals surface area (Å²) in [5, 5.41) is 18.1. The summed E-state index contributed by atoms with van der Waals surface area (Å²) in [5.74, 6) is 0.303. The third kappa shape index (κ3) is 4.19. The van der Waals surface area contributed by atoms with Gasteiger partial charge in [0.25, 0.3) is 0 Å². The molecule has 0 aliphatic heterocycles. The minimum atomic E-state index is -1.09. The zero-order chi connectivity index (χ0) is 19.5. The Labute approximate surface area is 161 Å². The Morgan fingerprint density at radius 1 is 1.18 bits per heavy atom. The molecule has 1 aliphatic carbocycles. The molecule has 1 aliphatic rings. The minimum Gasteiger partial charge on any atom is -0.479 e. The average Bonchev–Trinajstić information content (AvgIpc) is 3.44. The Morgan fingerprint density at radius 2 is 1.96 bits per heavy atom. The summed E-state index contributed by atoms with van der Waals surface area (Å²) in [5.41, 5.74) is 0.547. The summed E-state index contributed by atoms with van der Waals surface area (Å²) in [4.78, 5) is 28.3. The van der Waals surface area contributed by atoms with Crippen LogP contribution < -0.4 is 5.32 Å². The highest BCUT2D eigenvalue weighted by atomic mass is 16.5. The Morgan fingerprint density at radius 3 is 2.71 bits per heavy atom. The number of nitrogens with zero attached hydrogens (tertiary/aromatic N) is 2. The quantitative estimate of drug-likeness (QED) is 0.622. The molecule has 1 fully saturated rings. The molecular formula is C21H21N3O4. The standard InChI is InChI=1S/C21H21N3O4/c25-17(6-3-7-18-23-20(24-28-18)14-9-10-14)22-19(21(26)27)16-11-8-13-4-1-2-5-15(13)12-16/h1-2,4-5,8,11-12,14,19H,3,6-7,9-10H2,(H,22,25)(H,26,27). The highest BCUT2D eigenvalue weighted by Gasteiger charge is 2.28. The van der Waals surface area contributed by atoms with Gasteiger partial charge in [-0.05, 0) is 41.7 Å². The predicted molar refractivity (Wildman–Crippen MR) is 102 cm³/mol. The first-order valence-electron chi connectivity index (χ1n) is 9.43. The van der Waals surface area contributed by atoms with Crippen LogP contribution in [0, 0.1) is 0 Å². The number of fused-ring (bicyclic) bond motifs is 1. The first-order chi connectivity index (χ1) is 13.6. The third-order valence-electron chi connectivity index (χ3n) is 4.88. The van der Waals surface area contributed by atoms with Crippen LogP contribution in [0.15, 0.2) is 47.0 Å². The molecule has 1 unspecified atom stereocenters. The van der Waals surface area contributed by atoms with E-state index in [9.17, 15) is 14.7 Å². The largest absolute Gasteiger partial charge is 0.479 e. The number of hydrogen-bond acceptors (Lipinski definition) is 5. The van der Waals surface area contributed by atoms with Gasteiger partial charge < -0.3 is 14.9 Å². The predicted octanol–water partition coefficient (Wildman–Crippen LogP) is 3.37. The second-order valence-electron chi connectivity index (χ2n) is 7.12. The zero-order valence-electron chi connectivity index (χ0n) is 15.3. The van der Waals surface area contributed by atoms with Crippen LogP contribution in [0.1, 0.15) is 54.9 Å². The molecule has 1 aromatic heterocycles. The molecule has 1 atom stereocenters. The Kier molecular flexibility index (Phi) is 5.06. The van der Waals surface area contributed by atoms with E-state index in [4.69, 9.17) is 4.52 Å². The normalized spacial score (nSPS) is 14.7. The van der Waals surface area contributed by atoms with E-state index in [0.29, 0.717) is 30.2 Å². The molecule has 1 saturated carbocycles. The smallest absolute Gasteiger partial charge is 0.330 e. The van der Waals surface area contributed by atoms with Gasteiger partial charge in [-0.2, -0.15) is 4.98 Å². The fraction of sp³-hybridized carbons (Fsp3) is 0.333. The maximum Gasteiger partial charge on any atom is 0.330 e. The van der Waals surface area contributed by atoms with E-state index >= 15 is 0 Å². The van der Waals surface area contributed by atoms with Crippen LogP contribution in [0.3, 0.4) is 0 Å². The summed E-state index contributed by atoms with van der Waals surface area (Å²) >= 11 is 0. The number of aliphatic carboxylic acids is 1. The van der Waals surface area contributed by atoms with Crippen molar-refractivity contribution in [1.29, 1.82) is 0 Å².